The molecule has 4 N–H and O–H groups in total. The van der Waals surface area contributed by atoms with E-state index < -0.39 is 5.60 Å². The Morgan fingerprint density at radius 3 is 2.75 bits per heavy atom. The molecule has 0 unspecified atom stereocenters. The van der Waals surface area contributed by atoms with Crippen molar-refractivity contribution in [2.75, 3.05) is 19.6 Å². The lowest BCUT2D eigenvalue weighted by atomic mass is 9.94. The van der Waals surface area contributed by atoms with Gasteiger partial charge in [-0.3, -0.25) is 0 Å². The molecule has 1 heterocycles. The molecule has 2 rings (SSSR count). The number of hydrogen-bond donors (Lipinski definition) is 4. The van der Waals surface area contributed by atoms with Gasteiger partial charge in [0.25, 0.3) is 0 Å². The third-order valence-electron chi connectivity index (χ3n) is 3.60. The fourth-order valence-corrected chi connectivity index (χ4v) is 2.30. The van der Waals surface area contributed by atoms with Crippen LogP contribution in [0.4, 0.5) is 4.79 Å². The highest BCUT2D eigenvalue weighted by Crippen LogP contribution is 2.14. The van der Waals surface area contributed by atoms with Gasteiger partial charge in [-0.05, 0) is 31.9 Å². The summed E-state index contributed by atoms with van der Waals surface area (Å²) in [7, 11) is 0. The number of rotatable bonds is 4. The number of nitrogens with one attached hydrogen (secondary N) is 3. The van der Waals surface area contributed by atoms with Crippen LogP contribution in [0.3, 0.4) is 0 Å². The molecule has 1 aliphatic rings. The zero-order valence-electron chi connectivity index (χ0n) is 11.9. The zero-order valence-corrected chi connectivity index (χ0v) is 11.9. The van der Waals surface area contributed by atoms with Crippen molar-refractivity contribution in [3.05, 3.63) is 35.4 Å². The van der Waals surface area contributed by atoms with Crippen LogP contribution in [0, 0.1) is 6.92 Å². The van der Waals surface area contributed by atoms with E-state index in [1.165, 1.54) is 5.56 Å². The summed E-state index contributed by atoms with van der Waals surface area (Å²) in [5, 5.41) is 18.9. The van der Waals surface area contributed by atoms with Crippen molar-refractivity contribution in [1.82, 2.24) is 16.0 Å². The molecular formula is C15H23N3O2. The number of piperidine rings is 1. The van der Waals surface area contributed by atoms with Crippen molar-refractivity contribution in [3.8, 4) is 0 Å². The second kappa shape index (κ2) is 6.72. The molecule has 1 atom stereocenters. The van der Waals surface area contributed by atoms with Crippen LogP contribution in [-0.4, -0.2) is 36.4 Å². The molecule has 0 radical (unpaired) electrons. The number of urea groups is 1. The first-order valence-electron chi connectivity index (χ1n) is 7.08. The lowest BCUT2D eigenvalue weighted by molar-refractivity contribution is 0.0194. The summed E-state index contributed by atoms with van der Waals surface area (Å²) in [5.74, 6) is 0. The number of aryl methyl sites for hydroxylation is 1. The van der Waals surface area contributed by atoms with Crippen LogP contribution in [0.5, 0.6) is 0 Å². The third kappa shape index (κ3) is 4.51. The molecule has 1 saturated heterocycles. The molecule has 0 aliphatic carbocycles. The van der Waals surface area contributed by atoms with Crippen LogP contribution in [0.2, 0.25) is 0 Å². The zero-order chi connectivity index (χ0) is 14.4. The molecule has 1 fully saturated rings. The van der Waals surface area contributed by atoms with E-state index in [0.29, 0.717) is 13.1 Å². The average molecular weight is 277 g/mol. The van der Waals surface area contributed by atoms with Crippen molar-refractivity contribution >= 4 is 6.03 Å². The second-order valence-electron chi connectivity index (χ2n) is 5.53. The summed E-state index contributed by atoms with van der Waals surface area (Å²) >= 11 is 0. The Hall–Kier alpha value is -1.59. The Morgan fingerprint density at radius 1 is 1.35 bits per heavy atom. The predicted molar refractivity (Wildman–Crippen MR) is 78.5 cm³/mol. The highest BCUT2D eigenvalue weighted by atomic mass is 16.3. The van der Waals surface area contributed by atoms with E-state index in [0.717, 1.165) is 24.9 Å². The molecule has 1 aromatic rings. The van der Waals surface area contributed by atoms with E-state index in [-0.39, 0.29) is 12.6 Å². The van der Waals surface area contributed by atoms with E-state index in [1.807, 2.05) is 31.2 Å². The second-order valence-corrected chi connectivity index (χ2v) is 5.53. The summed E-state index contributed by atoms with van der Waals surface area (Å²) in [6, 6.07) is 7.78. The Balaban J connectivity index is 1.71. The van der Waals surface area contributed by atoms with Gasteiger partial charge in [0.15, 0.2) is 0 Å². The lowest BCUT2D eigenvalue weighted by Gasteiger charge is -2.32. The van der Waals surface area contributed by atoms with Crippen molar-refractivity contribution in [3.63, 3.8) is 0 Å². The van der Waals surface area contributed by atoms with E-state index in [2.05, 4.69) is 16.0 Å². The summed E-state index contributed by atoms with van der Waals surface area (Å²) in [6.45, 7) is 4.26. The smallest absolute Gasteiger partial charge is 0.315 e. The molecule has 20 heavy (non-hydrogen) atoms. The molecule has 0 spiro atoms. The van der Waals surface area contributed by atoms with Gasteiger partial charge in [0.1, 0.15) is 0 Å². The monoisotopic (exact) mass is 277 g/mol. The standard InChI is InChI=1S/C15H23N3O2/c1-12-3-5-13(6-4-12)9-17-14(19)18-11-15(20)7-2-8-16-10-15/h3-6,16,20H,2,7-11H2,1H3,(H2,17,18,19)/t15-/m1/s1. The van der Waals surface area contributed by atoms with Crippen molar-refractivity contribution in [2.24, 2.45) is 0 Å². The van der Waals surface area contributed by atoms with Gasteiger partial charge in [-0.2, -0.15) is 0 Å². The summed E-state index contributed by atoms with van der Waals surface area (Å²) in [6.07, 6.45) is 1.65. The van der Waals surface area contributed by atoms with Crippen molar-refractivity contribution in [2.45, 2.75) is 31.9 Å². The molecule has 0 bridgehead atoms. The molecule has 1 aliphatic heterocycles. The van der Waals surface area contributed by atoms with Gasteiger partial charge in [0.2, 0.25) is 0 Å². The number of carbonyl (C=O) groups is 1. The molecular weight excluding hydrogens is 254 g/mol. The van der Waals surface area contributed by atoms with Crippen LogP contribution >= 0.6 is 0 Å². The van der Waals surface area contributed by atoms with Gasteiger partial charge in [0.05, 0.1) is 5.60 Å². The van der Waals surface area contributed by atoms with E-state index in [9.17, 15) is 9.90 Å². The number of benzene rings is 1. The first-order chi connectivity index (χ1) is 9.57. The van der Waals surface area contributed by atoms with E-state index in [4.69, 9.17) is 0 Å². The Kier molecular flexibility index (Phi) is 4.98. The largest absolute Gasteiger partial charge is 0.387 e. The molecule has 1 aromatic carbocycles. The SMILES string of the molecule is Cc1ccc(CNC(=O)NC[C@@]2(O)CCCNC2)cc1. The van der Waals surface area contributed by atoms with Crippen molar-refractivity contribution < 1.29 is 9.90 Å². The number of hydrogen-bond acceptors (Lipinski definition) is 3. The van der Waals surface area contributed by atoms with E-state index in [1.54, 1.807) is 0 Å². The first-order valence-corrected chi connectivity index (χ1v) is 7.08. The minimum absolute atomic E-state index is 0.246. The summed E-state index contributed by atoms with van der Waals surface area (Å²) in [4.78, 5) is 11.7. The van der Waals surface area contributed by atoms with Crippen LogP contribution in [0.15, 0.2) is 24.3 Å². The Bertz CT molecular complexity index is 439. The quantitative estimate of drug-likeness (QED) is 0.661. The highest BCUT2D eigenvalue weighted by Gasteiger charge is 2.29. The van der Waals surface area contributed by atoms with Gasteiger partial charge in [0, 0.05) is 19.6 Å². The highest BCUT2D eigenvalue weighted by molar-refractivity contribution is 5.73. The maximum atomic E-state index is 11.7. The molecule has 110 valence electrons. The van der Waals surface area contributed by atoms with Gasteiger partial charge >= 0.3 is 6.03 Å². The first kappa shape index (κ1) is 14.8. The molecule has 5 nitrogen and oxygen atoms in total. The summed E-state index contributed by atoms with van der Waals surface area (Å²) < 4.78 is 0. The minimum atomic E-state index is -0.820. The maximum absolute atomic E-state index is 11.7. The molecule has 5 heteroatoms. The van der Waals surface area contributed by atoms with Crippen LogP contribution < -0.4 is 16.0 Å². The Morgan fingerprint density at radius 2 is 2.10 bits per heavy atom. The summed E-state index contributed by atoms with van der Waals surface area (Å²) in [5.41, 5.74) is 1.44. The van der Waals surface area contributed by atoms with E-state index >= 15 is 0 Å². The van der Waals surface area contributed by atoms with Gasteiger partial charge in [-0.25, -0.2) is 4.79 Å². The van der Waals surface area contributed by atoms with Crippen LogP contribution in [0.25, 0.3) is 0 Å². The maximum Gasteiger partial charge on any atom is 0.315 e. The molecule has 0 aromatic heterocycles. The third-order valence-corrected chi connectivity index (χ3v) is 3.60. The van der Waals surface area contributed by atoms with Crippen molar-refractivity contribution in [1.29, 1.82) is 0 Å². The van der Waals surface area contributed by atoms with Gasteiger partial charge in [-0.15, -0.1) is 0 Å². The van der Waals surface area contributed by atoms with Gasteiger partial charge in [-0.1, -0.05) is 29.8 Å². The van der Waals surface area contributed by atoms with Crippen LogP contribution in [-0.2, 0) is 6.54 Å². The topological polar surface area (TPSA) is 73.4 Å². The predicted octanol–water partition coefficient (Wildman–Crippen LogP) is 0.909. The Labute approximate surface area is 119 Å². The number of amides is 2. The average Bonchev–Trinajstić information content (AvgIpc) is 2.45. The number of carbonyl (C=O) groups excluding carboxylic acids is 1. The molecule has 0 saturated carbocycles. The van der Waals surface area contributed by atoms with Gasteiger partial charge < -0.3 is 21.1 Å². The number of β-amino-alcohol motifs (C(OH)–C–C–N with tert-alkyl or cyclic N) is 1. The van der Waals surface area contributed by atoms with Crippen LogP contribution in [0.1, 0.15) is 24.0 Å². The fraction of sp³-hybridized carbons (Fsp3) is 0.533. The minimum Gasteiger partial charge on any atom is -0.387 e. The molecule has 2 amide bonds. The number of aliphatic hydroxyl groups is 1. The lowest BCUT2D eigenvalue weighted by Crippen LogP contribution is -2.54. The fourth-order valence-electron chi connectivity index (χ4n) is 2.30. The normalized spacial score (nSPS) is 22.3.